The number of rotatable bonds is 14. The summed E-state index contributed by atoms with van der Waals surface area (Å²) in [4.78, 5) is 29.4. The summed E-state index contributed by atoms with van der Waals surface area (Å²) in [5, 5.41) is 2.89. The molecule has 0 aliphatic heterocycles. The van der Waals surface area contributed by atoms with E-state index in [1.54, 1.807) is 62.4 Å². The van der Waals surface area contributed by atoms with Gasteiger partial charge in [0.05, 0.1) is 17.2 Å². The van der Waals surface area contributed by atoms with E-state index in [0.29, 0.717) is 16.8 Å². The average molecular weight is 711 g/mol. The molecule has 2 amide bonds. The van der Waals surface area contributed by atoms with Crippen molar-refractivity contribution >= 4 is 43.5 Å². The Bertz CT molecular complexity index is 1720. The lowest BCUT2D eigenvalue weighted by Gasteiger charge is -2.34. The standard InChI is InChI=1S/C35H37BrFN3O5S/c1-4-45-30-18-16-29(17-19-30)40(46(43,44)31-20-14-28(36)15-21-31)24-34(41)39(23-27-12-8-9-13-32(27)37)33(35(42)38-25(2)3)22-26-10-6-5-7-11-26/h5-21,25,33H,4,22-24H2,1-3H3,(H,38,42)/t33-/m0/s1. The number of anilines is 1. The van der Waals surface area contributed by atoms with E-state index in [9.17, 15) is 18.0 Å². The number of carbonyl (C=O) groups is 2. The van der Waals surface area contributed by atoms with Crippen LogP contribution in [0.2, 0.25) is 0 Å². The fraction of sp³-hybridized carbons (Fsp3) is 0.257. The highest BCUT2D eigenvalue weighted by molar-refractivity contribution is 9.10. The van der Waals surface area contributed by atoms with Gasteiger partial charge in [0.2, 0.25) is 11.8 Å². The second-order valence-corrected chi connectivity index (χ2v) is 13.7. The molecule has 0 bridgehead atoms. The van der Waals surface area contributed by atoms with Crippen LogP contribution in [0, 0.1) is 5.82 Å². The lowest BCUT2D eigenvalue weighted by atomic mass is 10.0. The molecule has 0 aliphatic rings. The quantitative estimate of drug-likeness (QED) is 0.165. The summed E-state index contributed by atoms with van der Waals surface area (Å²) >= 11 is 3.34. The predicted octanol–water partition coefficient (Wildman–Crippen LogP) is 6.35. The molecule has 1 atom stereocenters. The van der Waals surface area contributed by atoms with Gasteiger partial charge in [0, 0.05) is 29.0 Å². The van der Waals surface area contributed by atoms with Crippen LogP contribution >= 0.6 is 15.9 Å². The number of hydrogen-bond acceptors (Lipinski definition) is 5. The summed E-state index contributed by atoms with van der Waals surface area (Å²) in [5.41, 5.74) is 1.19. The molecule has 4 aromatic rings. The molecule has 8 nitrogen and oxygen atoms in total. The molecule has 0 spiro atoms. The molecule has 0 radical (unpaired) electrons. The zero-order chi connectivity index (χ0) is 33.3. The van der Waals surface area contributed by atoms with E-state index in [1.165, 1.54) is 29.2 Å². The first-order valence-corrected chi connectivity index (χ1v) is 17.1. The molecule has 4 rings (SSSR count). The Hall–Kier alpha value is -4.22. The van der Waals surface area contributed by atoms with Gasteiger partial charge in [0.15, 0.2) is 0 Å². The first-order valence-electron chi connectivity index (χ1n) is 14.9. The highest BCUT2D eigenvalue weighted by Crippen LogP contribution is 2.28. The van der Waals surface area contributed by atoms with E-state index in [1.807, 2.05) is 37.3 Å². The van der Waals surface area contributed by atoms with Crippen LogP contribution in [0.15, 0.2) is 112 Å². The number of sulfonamides is 1. The highest BCUT2D eigenvalue weighted by atomic mass is 79.9. The lowest BCUT2D eigenvalue weighted by Crippen LogP contribution is -2.54. The number of nitrogens with zero attached hydrogens (tertiary/aromatic N) is 2. The van der Waals surface area contributed by atoms with E-state index in [-0.39, 0.29) is 35.2 Å². The van der Waals surface area contributed by atoms with Crippen LogP contribution in [0.4, 0.5) is 10.1 Å². The number of carbonyl (C=O) groups excluding carboxylic acids is 2. The third-order valence-electron chi connectivity index (χ3n) is 7.12. The second kappa shape index (κ2) is 15.9. The molecule has 4 aromatic carbocycles. The molecule has 0 unspecified atom stereocenters. The molecule has 11 heteroatoms. The number of amides is 2. The fourth-order valence-corrected chi connectivity index (χ4v) is 6.56. The first kappa shape index (κ1) is 34.6. The van der Waals surface area contributed by atoms with Crippen LogP contribution in [0.1, 0.15) is 31.9 Å². The maximum atomic E-state index is 15.0. The number of hydrogen-bond donors (Lipinski definition) is 1. The molecule has 0 saturated carbocycles. The molecule has 0 aromatic heterocycles. The molecular weight excluding hydrogens is 673 g/mol. The van der Waals surface area contributed by atoms with Gasteiger partial charge in [-0.2, -0.15) is 0 Å². The minimum absolute atomic E-state index is 0.0311. The maximum absolute atomic E-state index is 15.0. The third-order valence-corrected chi connectivity index (χ3v) is 9.43. The van der Waals surface area contributed by atoms with Crippen LogP contribution in [-0.4, -0.2) is 50.4 Å². The smallest absolute Gasteiger partial charge is 0.264 e. The summed E-state index contributed by atoms with van der Waals surface area (Å²) < 4.78 is 50.5. The van der Waals surface area contributed by atoms with Gasteiger partial charge in [-0.3, -0.25) is 13.9 Å². The predicted molar refractivity (Wildman–Crippen MR) is 180 cm³/mol. The third kappa shape index (κ3) is 8.95. The van der Waals surface area contributed by atoms with Gasteiger partial charge >= 0.3 is 0 Å². The first-order chi connectivity index (χ1) is 22.0. The average Bonchev–Trinajstić information content (AvgIpc) is 3.03. The zero-order valence-electron chi connectivity index (χ0n) is 25.9. The highest BCUT2D eigenvalue weighted by Gasteiger charge is 2.35. The number of benzene rings is 4. The SMILES string of the molecule is CCOc1ccc(N(CC(=O)N(Cc2ccccc2F)[C@@H](Cc2ccccc2)C(=O)NC(C)C)S(=O)(=O)c2ccc(Br)cc2)cc1. The fourth-order valence-electron chi connectivity index (χ4n) is 4.88. The van der Waals surface area contributed by atoms with Crippen molar-refractivity contribution in [2.75, 3.05) is 17.5 Å². The van der Waals surface area contributed by atoms with Crippen LogP contribution in [-0.2, 0) is 32.6 Å². The Morgan fingerprint density at radius 3 is 2.13 bits per heavy atom. The number of halogens is 2. The van der Waals surface area contributed by atoms with E-state index < -0.39 is 40.2 Å². The van der Waals surface area contributed by atoms with E-state index in [4.69, 9.17) is 4.74 Å². The van der Waals surface area contributed by atoms with Crippen molar-refractivity contribution in [3.63, 3.8) is 0 Å². The Labute approximate surface area is 278 Å². The Balaban J connectivity index is 1.81. The Morgan fingerprint density at radius 1 is 0.891 bits per heavy atom. The van der Waals surface area contributed by atoms with Crippen LogP contribution in [0.25, 0.3) is 0 Å². The second-order valence-electron chi connectivity index (χ2n) is 10.9. The number of ether oxygens (including phenoxy) is 1. The van der Waals surface area contributed by atoms with Gasteiger partial charge in [0.1, 0.15) is 24.2 Å². The summed E-state index contributed by atoms with van der Waals surface area (Å²) in [7, 11) is -4.28. The Kier molecular flexibility index (Phi) is 11.9. The molecule has 0 heterocycles. The van der Waals surface area contributed by atoms with Gasteiger partial charge in [-0.1, -0.05) is 64.5 Å². The zero-order valence-corrected chi connectivity index (χ0v) is 28.3. The monoisotopic (exact) mass is 709 g/mol. The van der Waals surface area contributed by atoms with Gasteiger partial charge in [-0.25, -0.2) is 12.8 Å². The molecule has 1 N–H and O–H groups in total. The van der Waals surface area contributed by atoms with Crippen molar-refractivity contribution in [3.05, 3.63) is 125 Å². The van der Waals surface area contributed by atoms with E-state index in [2.05, 4.69) is 21.2 Å². The minimum atomic E-state index is -4.28. The van der Waals surface area contributed by atoms with E-state index >= 15 is 4.39 Å². The molecule has 0 saturated heterocycles. The topological polar surface area (TPSA) is 96.0 Å². The van der Waals surface area contributed by atoms with Crippen LogP contribution in [0.5, 0.6) is 5.75 Å². The van der Waals surface area contributed by atoms with Crippen molar-refractivity contribution in [1.29, 1.82) is 0 Å². The van der Waals surface area contributed by atoms with Gasteiger partial charge in [-0.15, -0.1) is 0 Å². The molecule has 242 valence electrons. The summed E-state index contributed by atoms with van der Waals surface area (Å²) in [6.07, 6.45) is 0.127. The largest absolute Gasteiger partial charge is 0.494 e. The number of nitrogens with one attached hydrogen (secondary N) is 1. The van der Waals surface area contributed by atoms with Crippen molar-refractivity contribution < 1.29 is 27.1 Å². The summed E-state index contributed by atoms with van der Waals surface area (Å²) in [6.45, 7) is 4.95. The van der Waals surface area contributed by atoms with Crippen molar-refractivity contribution in [2.45, 2.75) is 50.7 Å². The molecule has 0 fully saturated rings. The summed E-state index contributed by atoms with van der Waals surface area (Å²) in [5.74, 6) is -1.13. The van der Waals surface area contributed by atoms with Crippen LogP contribution < -0.4 is 14.4 Å². The maximum Gasteiger partial charge on any atom is 0.264 e. The molecule has 0 aliphatic carbocycles. The Morgan fingerprint density at radius 2 is 1.52 bits per heavy atom. The van der Waals surface area contributed by atoms with Crippen molar-refractivity contribution in [2.24, 2.45) is 0 Å². The van der Waals surface area contributed by atoms with Crippen LogP contribution in [0.3, 0.4) is 0 Å². The van der Waals surface area contributed by atoms with Crippen molar-refractivity contribution in [1.82, 2.24) is 10.2 Å². The van der Waals surface area contributed by atoms with Gasteiger partial charge in [-0.05, 0) is 80.9 Å². The molecular formula is C35H37BrFN3O5S. The molecule has 46 heavy (non-hydrogen) atoms. The lowest BCUT2D eigenvalue weighted by molar-refractivity contribution is -0.140. The normalized spacial score (nSPS) is 12.0. The van der Waals surface area contributed by atoms with Gasteiger partial charge in [0.25, 0.3) is 10.0 Å². The van der Waals surface area contributed by atoms with E-state index in [0.717, 1.165) is 9.87 Å². The minimum Gasteiger partial charge on any atom is -0.494 e. The van der Waals surface area contributed by atoms with Crippen molar-refractivity contribution in [3.8, 4) is 5.75 Å². The van der Waals surface area contributed by atoms with Gasteiger partial charge < -0.3 is 15.0 Å². The summed E-state index contributed by atoms with van der Waals surface area (Å²) in [6, 6.07) is 26.3.